The molecule has 1 aromatic heterocycles. The number of nitrogens with zero attached hydrogens (tertiary/aromatic N) is 1. The van der Waals surface area contributed by atoms with Gasteiger partial charge in [-0.05, 0) is 30.3 Å². The lowest BCUT2D eigenvalue weighted by molar-refractivity contribution is 0.601. The van der Waals surface area contributed by atoms with Gasteiger partial charge in [0, 0.05) is 16.6 Å². The summed E-state index contributed by atoms with van der Waals surface area (Å²) in [6, 6.07) is 10.9. The predicted octanol–water partition coefficient (Wildman–Crippen LogP) is 4.17. The average Bonchev–Trinajstić information content (AvgIpc) is 2.95. The zero-order valence-corrected chi connectivity index (χ0v) is 12.7. The minimum absolute atomic E-state index is 0.0284. The number of hydrogen-bond donors (Lipinski definition) is 2. The molecular weight excluding hydrogens is 322 g/mol. The summed E-state index contributed by atoms with van der Waals surface area (Å²) in [6.07, 6.45) is 1.71. The Balaban J connectivity index is 2.07. The van der Waals surface area contributed by atoms with E-state index in [0.717, 1.165) is 5.39 Å². The first-order valence-corrected chi connectivity index (χ1v) is 8.13. The van der Waals surface area contributed by atoms with Crippen LogP contribution in [0.15, 0.2) is 53.6 Å². The summed E-state index contributed by atoms with van der Waals surface area (Å²) in [7, 11) is -3.80. The molecule has 0 aliphatic heterocycles. The van der Waals surface area contributed by atoms with E-state index < -0.39 is 10.0 Å². The highest BCUT2D eigenvalue weighted by molar-refractivity contribution is 7.92. The van der Waals surface area contributed by atoms with Gasteiger partial charge >= 0.3 is 0 Å². The number of aromatic amines is 1. The zero-order chi connectivity index (χ0) is 15.7. The predicted molar refractivity (Wildman–Crippen MR) is 86.8 cm³/mol. The molecule has 0 radical (unpaired) electrons. The molecule has 0 aliphatic carbocycles. The van der Waals surface area contributed by atoms with E-state index in [1.165, 1.54) is 24.3 Å². The number of hydrogen-bond acceptors (Lipinski definition) is 2. The molecule has 2 aromatic carbocycles. The first-order valence-electron chi connectivity index (χ1n) is 6.26. The third kappa shape index (κ3) is 2.64. The first kappa shape index (κ1) is 14.4. The van der Waals surface area contributed by atoms with Crippen LogP contribution in [0.3, 0.4) is 0 Å². The standard InChI is InChI=1S/C15H10ClN3O2S/c1-17-12-3-2-4-13(9-12)22(20,21)19-14-8-11(16)7-10-5-6-18-15(10)14/h2-9,18-19H. The zero-order valence-electron chi connectivity index (χ0n) is 11.2. The van der Waals surface area contributed by atoms with Gasteiger partial charge in [0.2, 0.25) is 0 Å². The molecule has 0 unspecified atom stereocenters. The second-order valence-electron chi connectivity index (χ2n) is 4.61. The number of H-pyrrole nitrogens is 1. The molecule has 22 heavy (non-hydrogen) atoms. The summed E-state index contributed by atoms with van der Waals surface area (Å²) in [4.78, 5) is 6.24. The highest BCUT2D eigenvalue weighted by Gasteiger charge is 2.16. The smallest absolute Gasteiger partial charge is 0.260 e. The van der Waals surface area contributed by atoms with Crippen LogP contribution in [0.5, 0.6) is 0 Å². The first-order chi connectivity index (χ1) is 10.5. The maximum Gasteiger partial charge on any atom is 0.260 e. The van der Waals surface area contributed by atoms with Crippen molar-refractivity contribution in [3.05, 3.63) is 65.1 Å². The molecule has 0 saturated carbocycles. The van der Waals surface area contributed by atoms with Gasteiger partial charge in [-0.3, -0.25) is 4.72 Å². The van der Waals surface area contributed by atoms with Crippen LogP contribution in [0.25, 0.3) is 15.7 Å². The van der Waals surface area contributed by atoms with Crippen molar-refractivity contribution >= 4 is 43.9 Å². The van der Waals surface area contributed by atoms with Gasteiger partial charge in [0.15, 0.2) is 5.69 Å². The Morgan fingerprint density at radius 2 is 2.00 bits per heavy atom. The van der Waals surface area contributed by atoms with Crippen molar-refractivity contribution in [2.45, 2.75) is 4.90 Å². The van der Waals surface area contributed by atoms with Gasteiger partial charge in [0.25, 0.3) is 10.0 Å². The summed E-state index contributed by atoms with van der Waals surface area (Å²) in [6.45, 7) is 6.97. The van der Waals surface area contributed by atoms with Gasteiger partial charge in [0.05, 0.1) is 22.7 Å². The van der Waals surface area contributed by atoms with Crippen LogP contribution in [0.2, 0.25) is 5.02 Å². The molecule has 3 aromatic rings. The number of nitrogens with one attached hydrogen (secondary N) is 2. The van der Waals surface area contributed by atoms with E-state index in [0.29, 0.717) is 16.2 Å². The lowest BCUT2D eigenvalue weighted by Gasteiger charge is -2.10. The molecule has 0 saturated heterocycles. The molecule has 0 aliphatic rings. The van der Waals surface area contributed by atoms with Crippen molar-refractivity contribution in [1.29, 1.82) is 0 Å². The molecule has 1 heterocycles. The van der Waals surface area contributed by atoms with Crippen LogP contribution in [-0.4, -0.2) is 13.4 Å². The Bertz CT molecular complexity index is 1000. The van der Waals surface area contributed by atoms with Crippen LogP contribution >= 0.6 is 11.6 Å². The third-order valence-electron chi connectivity index (χ3n) is 3.13. The van der Waals surface area contributed by atoms with Crippen LogP contribution in [-0.2, 0) is 10.0 Å². The molecule has 5 nitrogen and oxygen atoms in total. The Morgan fingerprint density at radius 1 is 1.18 bits per heavy atom. The molecule has 2 N–H and O–H groups in total. The number of benzene rings is 2. The summed E-state index contributed by atoms with van der Waals surface area (Å²) in [5.41, 5.74) is 1.27. The van der Waals surface area contributed by atoms with E-state index in [1.807, 2.05) is 0 Å². The topological polar surface area (TPSA) is 66.3 Å². The van der Waals surface area contributed by atoms with Crippen molar-refractivity contribution in [3.63, 3.8) is 0 Å². The Morgan fingerprint density at radius 3 is 2.77 bits per heavy atom. The molecule has 3 rings (SSSR count). The Kier molecular flexibility index (Phi) is 3.53. The van der Waals surface area contributed by atoms with Gasteiger partial charge in [0.1, 0.15) is 0 Å². The Hall–Kier alpha value is -2.49. The molecule has 0 bridgehead atoms. The van der Waals surface area contributed by atoms with Gasteiger partial charge in [-0.25, -0.2) is 13.3 Å². The molecule has 110 valence electrons. The Labute approximate surface area is 132 Å². The van der Waals surface area contributed by atoms with Crippen molar-refractivity contribution in [2.75, 3.05) is 4.72 Å². The van der Waals surface area contributed by atoms with Crippen molar-refractivity contribution in [1.82, 2.24) is 4.98 Å². The minimum atomic E-state index is -3.80. The number of aromatic nitrogens is 1. The van der Waals surface area contributed by atoms with Gasteiger partial charge in [-0.2, -0.15) is 0 Å². The highest BCUT2D eigenvalue weighted by atomic mass is 35.5. The van der Waals surface area contributed by atoms with Crippen molar-refractivity contribution in [3.8, 4) is 0 Å². The average molecular weight is 332 g/mol. The van der Waals surface area contributed by atoms with E-state index in [9.17, 15) is 8.42 Å². The lowest BCUT2D eigenvalue weighted by Crippen LogP contribution is -2.13. The van der Waals surface area contributed by atoms with Gasteiger partial charge < -0.3 is 4.98 Å². The SMILES string of the molecule is [C-]#[N+]c1cccc(S(=O)(=O)Nc2cc(Cl)cc3cc[nH]c23)c1. The highest BCUT2D eigenvalue weighted by Crippen LogP contribution is 2.29. The summed E-state index contributed by atoms with van der Waals surface area (Å²) >= 11 is 6.01. The van der Waals surface area contributed by atoms with Gasteiger partial charge in [-0.1, -0.05) is 23.7 Å². The molecule has 0 amide bonds. The molecule has 0 atom stereocenters. The second kappa shape index (κ2) is 5.37. The minimum Gasteiger partial charge on any atom is -0.359 e. The van der Waals surface area contributed by atoms with Crippen LogP contribution < -0.4 is 4.72 Å². The largest absolute Gasteiger partial charge is 0.359 e. The monoisotopic (exact) mass is 331 g/mol. The number of anilines is 1. The third-order valence-corrected chi connectivity index (χ3v) is 4.71. The normalized spacial score (nSPS) is 11.3. The van der Waals surface area contributed by atoms with Crippen molar-refractivity contribution in [2.24, 2.45) is 0 Å². The van der Waals surface area contributed by atoms with Crippen molar-refractivity contribution < 1.29 is 8.42 Å². The van der Waals surface area contributed by atoms with E-state index in [4.69, 9.17) is 18.2 Å². The quantitative estimate of drug-likeness (QED) is 0.707. The molecular formula is C15H10ClN3O2S. The number of fused-ring (bicyclic) bond motifs is 1. The van der Waals surface area contributed by atoms with E-state index in [2.05, 4.69) is 14.6 Å². The number of rotatable bonds is 3. The van der Waals surface area contributed by atoms with E-state index in [-0.39, 0.29) is 10.6 Å². The molecule has 0 spiro atoms. The van der Waals surface area contributed by atoms with Crippen LogP contribution in [0, 0.1) is 6.57 Å². The van der Waals surface area contributed by atoms with E-state index >= 15 is 0 Å². The summed E-state index contributed by atoms with van der Waals surface area (Å²) < 4.78 is 27.5. The number of halogens is 1. The summed E-state index contributed by atoms with van der Waals surface area (Å²) in [5.74, 6) is 0. The second-order valence-corrected chi connectivity index (χ2v) is 6.73. The van der Waals surface area contributed by atoms with E-state index in [1.54, 1.807) is 24.4 Å². The fourth-order valence-corrected chi connectivity index (χ4v) is 3.47. The fraction of sp³-hybridized carbons (Fsp3) is 0. The van der Waals surface area contributed by atoms with Gasteiger partial charge in [-0.15, -0.1) is 0 Å². The lowest BCUT2D eigenvalue weighted by atomic mass is 10.2. The maximum atomic E-state index is 12.5. The summed E-state index contributed by atoms with van der Waals surface area (Å²) in [5, 5.41) is 1.24. The van der Waals surface area contributed by atoms with Crippen LogP contribution in [0.1, 0.15) is 0 Å². The van der Waals surface area contributed by atoms with Crippen LogP contribution in [0.4, 0.5) is 11.4 Å². The fourth-order valence-electron chi connectivity index (χ4n) is 2.14. The number of sulfonamides is 1. The maximum absolute atomic E-state index is 12.5. The molecule has 7 heteroatoms. The molecule has 0 fully saturated rings.